The van der Waals surface area contributed by atoms with E-state index >= 15 is 0 Å². The number of piperazine rings is 1. The number of hydrogen-bond donors (Lipinski definition) is 1. The highest BCUT2D eigenvalue weighted by Crippen LogP contribution is 2.16. The number of hydrogen-bond acceptors (Lipinski definition) is 2. The van der Waals surface area contributed by atoms with Gasteiger partial charge in [-0.25, -0.2) is 0 Å². The summed E-state index contributed by atoms with van der Waals surface area (Å²) in [5.74, 6) is 0.249. The van der Waals surface area contributed by atoms with Crippen molar-refractivity contribution in [1.82, 2.24) is 10.2 Å². The van der Waals surface area contributed by atoms with Gasteiger partial charge in [0.2, 0.25) is 5.91 Å². The Morgan fingerprint density at radius 1 is 1.30 bits per heavy atom. The molecule has 1 fully saturated rings. The van der Waals surface area contributed by atoms with Gasteiger partial charge in [0.1, 0.15) is 0 Å². The molecule has 1 aromatic carbocycles. The molecule has 0 aromatic heterocycles. The van der Waals surface area contributed by atoms with Crippen molar-refractivity contribution in [3.63, 3.8) is 0 Å². The van der Waals surface area contributed by atoms with Crippen molar-refractivity contribution in [3.8, 4) is 0 Å². The molecule has 2 unspecified atom stereocenters. The Balaban J connectivity index is 2.03. The van der Waals surface area contributed by atoms with Crippen LogP contribution >= 0.6 is 15.9 Å². The van der Waals surface area contributed by atoms with Crippen molar-refractivity contribution in [2.45, 2.75) is 45.2 Å². The van der Waals surface area contributed by atoms with Crippen LogP contribution in [-0.4, -0.2) is 36.0 Å². The molecule has 0 saturated carbocycles. The molecular formula is C16H23BrN2O. The Labute approximate surface area is 129 Å². The first-order valence-corrected chi connectivity index (χ1v) is 8.20. The summed E-state index contributed by atoms with van der Waals surface area (Å²) in [6.07, 6.45) is 2.58. The van der Waals surface area contributed by atoms with Crippen LogP contribution in [0.5, 0.6) is 0 Å². The SMILES string of the molecule is CCC1CN(C(=O)Cc2ccc(Br)cc2)C(CC)CN1. The Morgan fingerprint density at radius 2 is 2.00 bits per heavy atom. The molecule has 3 nitrogen and oxygen atoms in total. The summed E-state index contributed by atoms with van der Waals surface area (Å²) in [6.45, 7) is 6.07. The summed E-state index contributed by atoms with van der Waals surface area (Å²) < 4.78 is 1.05. The minimum Gasteiger partial charge on any atom is -0.337 e. The largest absolute Gasteiger partial charge is 0.337 e. The molecule has 2 atom stereocenters. The van der Waals surface area contributed by atoms with Crippen LogP contribution < -0.4 is 5.32 Å². The number of carbonyl (C=O) groups excluding carboxylic acids is 1. The first-order chi connectivity index (χ1) is 9.63. The molecule has 20 heavy (non-hydrogen) atoms. The second-order valence-corrected chi connectivity index (χ2v) is 6.34. The van der Waals surface area contributed by atoms with Crippen LogP contribution in [0.2, 0.25) is 0 Å². The number of amides is 1. The number of halogens is 1. The van der Waals surface area contributed by atoms with Gasteiger partial charge in [-0.15, -0.1) is 0 Å². The Bertz CT molecular complexity index is 446. The summed E-state index contributed by atoms with van der Waals surface area (Å²) in [5, 5.41) is 3.53. The summed E-state index contributed by atoms with van der Waals surface area (Å²) in [5.41, 5.74) is 1.08. The summed E-state index contributed by atoms with van der Waals surface area (Å²) in [6, 6.07) is 8.79. The highest BCUT2D eigenvalue weighted by molar-refractivity contribution is 9.10. The lowest BCUT2D eigenvalue weighted by Gasteiger charge is -2.40. The maximum absolute atomic E-state index is 12.6. The molecule has 0 aliphatic carbocycles. The van der Waals surface area contributed by atoms with Crippen LogP contribution in [0.1, 0.15) is 32.3 Å². The van der Waals surface area contributed by atoms with Crippen molar-refractivity contribution >= 4 is 21.8 Å². The standard InChI is InChI=1S/C16H23BrN2O/c1-3-14-11-19(15(4-2)10-18-14)16(20)9-12-5-7-13(17)8-6-12/h5-8,14-15,18H,3-4,9-11H2,1-2H3. The molecule has 0 spiro atoms. The van der Waals surface area contributed by atoms with E-state index in [1.54, 1.807) is 0 Å². The second-order valence-electron chi connectivity index (χ2n) is 5.42. The fraction of sp³-hybridized carbons (Fsp3) is 0.562. The molecule has 1 saturated heterocycles. The van der Waals surface area contributed by atoms with Crippen LogP contribution in [-0.2, 0) is 11.2 Å². The third-order valence-corrected chi connectivity index (χ3v) is 4.58. The van der Waals surface area contributed by atoms with Gasteiger partial charge < -0.3 is 10.2 Å². The van der Waals surface area contributed by atoms with E-state index in [2.05, 4.69) is 40.0 Å². The van der Waals surface area contributed by atoms with Crippen molar-refractivity contribution in [2.24, 2.45) is 0 Å². The Kier molecular flexibility index (Phi) is 5.61. The zero-order chi connectivity index (χ0) is 14.5. The highest BCUT2D eigenvalue weighted by Gasteiger charge is 2.29. The Morgan fingerprint density at radius 3 is 2.60 bits per heavy atom. The number of nitrogens with one attached hydrogen (secondary N) is 1. The fourth-order valence-electron chi connectivity index (χ4n) is 2.69. The lowest BCUT2D eigenvalue weighted by molar-refractivity contribution is -0.134. The monoisotopic (exact) mass is 338 g/mol. The summed E-state index contributed by atoms with van der Waals surface area (Å²) in [4.78, 5) is 14.6. The van der Waals surface area contributed by atoms with Gasteiger partial charge in [-0.2, -0.15) is 0 Å². The molecule has 0 bridgehead atoms. The van der Waals surface area contributed by atoms with Crippen molar-refractivity contribution in [3.05, 3.63) is 34.3 Å². The van der Waals surface area contributed by atoms with Gasteiger partial charge in [-0.3, -0.25) is 4.79 Å². The molecule has 1 aliphatic heterocycles. The van der Waals surface area contributed by atoms with E-state index in [1.165, 1.54) is 0 Å². The first kappa shape index (κ1) is 15.5. The van der Waals surface area contributed by atoms with Crippen molar-refractivity contribution < 1.29 is 4.79 Å². The summed E-state index contributed by atoms with van der Waals surface area (Å²) >= 11 is 3.42. The normalized spacial score (nSPS) is 22.9. The van der Waals surface area contributed by atoms with Crippen molar-refractivity contribution in [1.29, 1.82) is 0 Å². The average Bonchev–Trinajstić information content (AvgIpc) is 2.48. The van der Waals surface area contributed by atoms with E-state index in [9.17, 15) is 4.79 Å². The smallest absolute Gasteiger partial charge is 0.227 e. The molecule has 0 radical (unpaired) electrons. The molecule has 4 heteroatoms. The third kappa shape index (κ3) is 3.83. The predicted octanol–water partition coefficient (Wildman–Crippen LogP) is 2.98. The molecule has 110 valence electrons. The fourth-order valence-corrected chi connectivity index (χ4v) is 2.95. The molecule has 1 aromatic rings. The zero-order valence-corrected chi connectivity index (χ0v) is 13.8. The van der Waals surface area contributed by atoms with Gasteiger partial charge in [0, 0.05) is 29.6 Å². The third-order valence-electron chi connectivity index (χ3n) is 4.05. The molecule has 1 N–H and O–H groups in total. The average molecular weight is 339 g/mol. The molecule has 1 heterocycles. The van der Waals surface area contributed by atoms with Gasteiger partial charge in [0.15, 0.2) is 0 Å². The maximum atomic E-state index is 12.6. The van der Waals surface area contributed by atoms with Crippen LogP contribution in [0, 0.1) is 0 Å². The Hall–Kier alpha value is -0.870. The molecule has 1 amide bonds. The van der Waals surface area contributed by atoms with Gasteiger partial charge in [-0.1, -0.05) is 41.9 Å². The van der Waals surface area contributed by atoms with Crippen LogP contribution in [0.25, 0.3) is 0 Å². The molecule has 2 rings (SSSR count). The van der Waals surface area contributed by atoms with E-state index in [1.807, 2.05) is 24.3 Å². The van der Waals surface area contributed by atoms with E-state index < -0.39 is 0 Å². The van der Waals surface area contributed by atoms with Crippen LogP contribution in [0.3, 0.4) is 0 Å². The minimum absolute atomic E-state index is 0.249. The van der Waals surface area contributed by atoms with Crippen molar-refractivity contribution in [2.75, 3.05) is 13.1 Å². The van der Waals surface area contributed by atoms with E-state index in [0.717, 1.165) is 36.0 Å². The second kappa shape index (κ2) is 7.23. The first-order valence-electron chi connectivity index (χ1n) is 7.41. The van der Waals surface area contributed by atoms with Crippen LogP contribution in [0.4, 0.5) is 0 Å². The highest BCUT2D eigenvalue weighted by atomic mass is 79.9. The topological polar surface area (TPSA) is 32.3 Å². The number of carbonyl (C=O) groups is 1. The number of benzene rings is 1. The summed E-state index contributed by atoms with van der Waals surface area (Å²) in [7, 11) is 0. The van der Waals surface area contributed by atoms with Crippen LogP contribution in [0.15, 0.2) is 28.7 Å². The lowest BCUT2D eigenvalue weighted by Crippen LogP contribution is -2.58. The van der Waals surface area contributed by atoms with Gasteiger partial charge in [0.05, 0.1) is 6.42 Å². The maximum Gasteiger partial charge on any atom is 0.227 e. The van der Waals surface area contributed by atoms with Gasteiger partial charge in [0.25, 0.3) is 0 Å². The number of rotatable bonds is 4. The molecular weight excluding hydrogens is 316 g/mol. The predicted molar refractivity (Wildman–Crippen MR) is 85.7 cm³/mol. The lowest BCUT2D eigenvalue weighted by atomic mass is 10.0. The number of nitrogens with zero attached hydrogens (tertiary/aromatic N) is 1. The van der Waals surface area contributed by atoms with E-state index in [4.69, 9.17) is 0 Å². The zero-order valence-electron chi connectivity index (χ0n) is 12.2. The minimum atomic E-state index is 0.249. The van der Waals surface area contributed by atoms with E-state index in [-0.39, 0.29) is 5.91 Å². The van der Waals surface area contributed by atoms with Gasteiger partial charge >= 0.3 is 0 Å². The van der Waals surface area contributed by atoms with E-state index in [0.29, 0.717) is 18.5 Å². The quantitative estimate of drug-likeness (QED) is 0.915. The van der Waals surface area contributed by atoms with Gasteiger partial charge in [-0.05, 0) is 30.5 Å². The molecule has 1 aliphatic rings.